The molecule has 0 aliphatic rings. The Balaban J connectivity index is 0.00000529. The number of aliphatic imine (C=N–C) groups is 1. The fourth-order valence-electron chi connectivity index (χ4n) is 2.04. The lowest BCUT2D eigenvalue weighted by Crippen LogP contribution is -2.32. The largest absolute Gasteiger partial charge is 0.370 e. The second-order valence-electron chi connectivity index (χ2n) is 5.37. The Kier molecular flexibility index (Phi) is 14.0. The molecule has 1 aromatic carbocycles. The number of amides is 1. The first kappa shape index (κ1) is 23.2. The summed E-state index contributed by atoms with van der Waals surface area (Å²) < 4.78 is 0.896. The summed E-state index contributed by atoms with van der Waals surface area (Å²) in [6.07, 6.45) is 5.59. The van der Waals surface area contributed by atoms with Crippen molar-refractivity contribution in [2.24, 2.45) is 10.7 Å². The molecule has 0 saturated heterocycles. The summed E-state index contributed by atoms with van der Waals surface area (Å²) >= 11 is 3.36. The maximum absolute atomic E-state index is 11.9. The van der Waals surface area contributed by atoms with E-state index in [1.807, 2.05) is 12.1 Å². The minimum Gasteiger partial charge on any atom is -0.370 e. The molecule has 136 valence electrons. The van der Waals surface area contributed by atoms with Crippen molar-refractivity contribution in [2.75, 3.05) is 19.6 Å². The molecule has 24 heavy (non-hydrogen) atoms. The van der Waals surface area contributed by atoms with Gasteiger partial charge in [-0.05, 0) is 31.0 Å². The van der Waals surface area contributed by atoms with Gasteiger partial charge in [-0.25, -0.2) is 0 Å². The second-order valence-corrected chi connectivity index (χ2v) is 6.29. The van der Waals surface area contributed by atoms with Crippen LogP contribution in [0.3, 0.4) is 0 Å². The first-order valence-electron chi connectivity index (χ1n) is 8.21. The molecule has 0 radical (unpaired) electrons. The molecule has 0 saturated carbocycles. The molecule has 0 aliphatic carbocycles. The molecule has 0 unspecified atom stereocenters. The summed E-state index contributed by atoms with van der Waals surface area (Å²) in [5.41, 5.74) is 6.43. The monoisotopic (exact) mass is 510 g/mol. The van der Waals surface area contributed by atoms with Crippen LogP contribution in [0.25, 0.3) is 0 Å². The predicted octanol–water partition coefficient (Wildman–Crippen LogP) is 3.67. The zero-order valence-corrected chi connectivity index (χ0v) is 18.1. The third-order valence-electron chi connectivity index (χ3n) is 3.33. The Labute approximate surface area is 170 Å². The van der Waals surface area contributed by atoms with Crippen LogP contribution in [0.15, 0.2) is 33.7 Å². The highest BCUT2D eigenvalue weighted by atomic mass is 127. The number of carbonyl (C=O) groups excluding carboxylic acids is 1. The molecule has 1 rings (SSSR count). The number of unbranched alkanes of at least 4 members (excludes halogenated alkanes) is 3. The molecule has 0 heterocycles. The van der Waals surface area contributed by atoms with Crippen LogP contribution in [-0.4, -0.2) is 31.5 Å². The molecule has 1 amide bonds. The first-order chi connectivity index (χ1) is 11.1. The van der Waals surface area contributed by atoms with Crippen LogP contribution >= 0.6 is 39.9 Å². The van der Waals surface area contributed by atoms with Gasteiger partial charge in [-0.15, -0.1) is 24.0 Å². The van der Waals surface area contributed by atoms with E-state index in [9.17, 15) is 4.79 Å². The van der Waals surface area contributed by atoms with Gasteiger partial charge in [-0.2, -0.15) is 0 Å². The lowest BCUT2D eigenvalue weighted by Gasteiger charge is -2.06. The zero-order valence-electron chi connectivity index (χ0n) is 14.2. The Bertz CT molecular complexity index is 511. The van der Waals surface area contributed by atoms with Crippen LogP contribution in [0.5, 0.6) is 0 Å². The lowest BCUT2D eigenvalue weighted by atomic mass is 10.2. The molecular weight excluding hydrogens is 483 g/mol. The van der Waals surface area contributed by atoms with Crippen molar-refractivity contribution in [1.82, 2.24) is 10.6 Å². The minimum absolute atomic E-state index is 0. The molecule has 0 bridgehead atoms. The molecule has 0 aliphatic heterocycles. The number of nitrogens with two attached hydrogens (primary N) is 1. The molecule has 4 N–H and O–H groups in total. The third-order valence-corrected chi connectivity index (χ3v) is 3.82. The van der Waals surface area contributed by atoms with Crippen LogP contribution in [0.2, 0.25) is 0 Å². The van der Waals surface area contributed by atoms with E-state index in [-0.39, 0.29) is 29.9 Å². The van der Waals surface area contributed by atoms with Gasteiger partial charge in [-0.3, -0.25) is 9.79 Å². The fraction of sp³-hybridized carbons (Fsp3) is 0.529. The van der Waals surface area contributed by atoms with Crippen LogP contribution in [0, 0.1) is 0 Å². The highest BCUT2D eigenvalue weighted by Crippen LogP contribution is 2.11. The van der Waals surface area contributed by atoms with Gasteiger partial charge in [-0.1, -0.05) is 48.2 Å². The molecule has 7 heteroatoms. The molecule has 5 nitrogen and oxygen atoms in total. The van der Waals surface area contributed by atoms with Gasteiger partial charge >= 0.3 is 0 Å². The molecule has 0 fully saturated rings. The summed E-state index contributed by atoms with van der Waals surface area (Å²) in [6.45, 7) is 4.25. The zero-order chi connectivity index (χ0) is 16.9. The average Bonchev–Trinajstić information content (AvgIpc) is 2.54. The van der Waals surface area contributed by atoms with E-state index in [1.54, 1.807) is 12.1 Å². The number of hydrogen-bond donors (Lipinski definition) is 3. The van der Waals surface area contributed by atoms with Gasteiger partial charge in [0.05, 0.1) is 0 Å². The Morgan fingerprint density at radius 1 is 1.17 bits per heavy atom. The van der Waals surface area contributed by atoms with Gasteiger partial charge in [0.1, 0.15) is 0 Å². The van der Waals surface area contributed by atoms with Gasteiger partial charge in [0, 0.05) is 29.7 Å². The van der Waals surface area contributed by atoms with E-state index in [2.05, 4.69) is 38.5 Å². The van der Waals surface area contributed by atoms with Crippen LogP contribution in [0.1, 0.15) is 49.4 Å². The van der Waals surface area contributed by atoms with Crippen molar-refractivity contribution in [2.45, 2.75) is 39.0 Å². The standard InChI is InChI=1S/C17H27BrN4O.HI/c1-2-3-4-5-10-21-17(19)22-12-7-11-20-16(23)14-8-6-9-15(18)13-14;/h6,8-9,13H,2-5,7,10-12H2,1H3,(H,20,23)(H3,19,21,22);1H. The molecule has 0 spiro atoms. The minimum atomic E-state index is -0.0719. The molecule has 0 atom stereocenters. The summed E-state index contributed by atoms with van der Waals surface area (Å²) in [5.74, 6) is 0.414. The smallest absolute Gasteiger partial charge is 0.251 e. The van der Waals surface area contributed by atoms with E-state index in [4.69, 9.17) is 5.73 Å². The van der Waals surface area contributed by atoms with Gasteiger partial charge in [0.15, 0.2) is 5.96 Å². The number of rotatable bonds is 10. The molecular formula is C17H28BrIN4O. The number of benzene rings is 1. The number of nitrogens with one attached hydrogen (secondary N) is 2. The first-order valence-corrected chi connectivity index (χ1v) is 9.00. The number of carbonyl (C=O) groups is 1. The van der Waals surface area contributed by atoms with Crippen molar-refractivity contribution in [3.8, 4) is 0 Å². The van der Waals surface area contributed by atoms with Gasteiger partial charge in [0.25, 0.3) is 5.91 Å². The van der Waals surface area contributed by atoms with Crippen LogP contribution in [-0.2, 0) is 0 Å². The van der Waals surface area contributed by atoms with Gasteiger partial charge in [0.2, 0.25) is 0 Å². The lowest BCUT2D eigenvalue weighted by molar-refractivity contribution is 0.0953. The van der Waals surface area contributed by atoms with Crippen molar-refractivity contribution in [1.29, 1.82) is 0 Å². The number of hydrogen-bond acceptors (Lipinski definition) is 2. The van der Waals surface area contributed by atoms with E-state index in [1.165, 1.54) is 19.3 Å². The summed E-state index contributed by atoms with van der Waals surface area (Å²) in [6, 6.07) is 7.33. The van der Waals surface area contributed by atoms with E-state index >= 15 is 0 Å². The summed E-state index contributed by atoms with van der Waals surface area (Å²) in [5, 5.41) is 5.98. The van der Waals surface area contributed by atoms with Crippen LogP contribution in [0.4, 0.5) is 0 Å². The summed E-state index contributed by atoms with van der Waals surface area (Å²) in [4.78, 5) is 16.2. The fourth-order valence-corrected chi connectivity index (χ4v) is 2.44. The Hall–Kier alpha value is -0.830. The number of halogens is 2. The summed E-state index contributed by atoms with van der Waals surface area (Å²) in [7, 11) is 0. The SMILES string of the molecule is CCCCCCNC(N)=NCCCNC(=O)c1cccc(Br)c1.I. The second kappa shape index (κ2) is 14.5. The molecule has 1 aromatic rings. The highest BCUT2D eigenvalue weighted by Gasteiger charge is 2.04. The maximum atomic E-state index is 11.9. The quantitative estimate of drug-likeness (QED) is 0.194. The Morgan fingerprint density at radius 2 is 1.92 bits per heavy atom. The predicted molar refractivity (Wildman–Crippen MR) is 115 cm³/mol. The van der Waals surface area contributed by atoms with Crippen LogP contribution < -0.4 is 16.4 Å². The number of guanidine groups is 1. The van der Waals surface area contributed by atoms with Crippen molar-refractivity contribution in [3.05, 3.63) is 34.3 Å². The van der Waals surface area contributed by atoms with Crippen molar-refractivity contribution >= 4 is 51.8 Å². The topological polar surface area (TPSA) is 79.5 Å². The maximum Gasteiger partial charge on any atom is 0.251 e. The Morgan fingerprint density at radius 3 is 2.62 bits per heavy atom. The van der Waals surface area contributed by atoms with E-state index < -0.39 is 0 Å². The average molecular weight is 511 g/mol. The highest BCUT2D eigenvalue weighted by molar-refractivity contribution is 14.0. The van der Waals surface area contributed by atoms with Crippen molar-refractivity contribution < 1.29 is 4.79 Å². The third kappa shape index (κ3) is 10.9. The van der Waals surface area contributed by atoms with Crippen molar-refractivity contribution in [3.63, 3.8) is 0 Å². The number of nitrogens with zero attached hydrogens (tertiary/aromatic N) is 1. The van der Waals surface area contributed by atoms with Gasteiger partial charge < -0.3 is 16.4 Å². The van der Waals surface area contributed by atoms with E-state index in [0.717, 1.165) is 23.9 Å². The normalized spacial score (nSPS) is 10.8. The molecule has 0 aromatic heterocycles. The van der Waals surface area contributed by atoms with E-state index in [0.29, 0.717) is 24.6 Å².